The van der Waals surface area contributed by atoms with Gasteiger partial charge in [-0.15, -0.1) is 5.10 Å². The van der Waals surface area contributed by atoms with Crippen molar-refractivity contribution in [2.24, 2.45) is 0 Å². The molecule has 34 heavy (non-hydrogen) atoms. The van der Waals surface area contributed by atoms with Gasteiger partial charge in [0.1, 0.15) is 5.82 Å². The Morgan fingerprint density at radius 1 is 1.00 bits per heavy atom. The number of hydrogen-bond donors (Lipinski definition) is 2. The minimum absolute atomic E-state index is 0.0597. The molecule has 1 atom stereocenters. The summed E-state index contributed by atoms with van der Waals surface area (Å²) in [5, 5.41) is 15.4. The number of alkyl halides is 6. The van der Waals surface area contributed by atoms with Gasteiger partial charge in [0.25, 0.3) is 5.91 Å². The Morgan fingerprint density at radius 2 is 1.59 bits per heavy atom. The average Bonchev–Trinajstić information content (AvgIpc) is 3.14. The van der Waals surface area contributed by atoms with Crippen LogP contribution in [0.2, 0.25) is 0 Å². The molecule has 0 saturated carbocycles. The van der Waals surface area contributed by atoms with Crippen molar-refractivity contribution in [3.8, 4) is 5.82 Å². The molecule has 0 bridgehead atoms. The van der Waals surface area contributed by atoms with Crippen LogP contribution in [0.3, 0.4) is 0 Å². The van der Waals surface area contributed by atoms with E-state index in [1.807, 2.05) is 0 Å². The molecule has 180 valence electrons. The zero-order valence-corrected chi connectivity index (χ0v) is 17.4. The molecule has 2 heterocycles. The Labute approximate surface area is 187 Å². The highest BCUT2D eigenvalue weighted by Crippen LogP contribution is 2.36. The normalized spacial score (nSPS) is 12.9. The van der Waals surface area contributed by atoms with Gasteiger partial charge < -0.3 is 10.4 Å². The van der Waals surface area contributed by atoms with Gasteiger partial charge in [-0.3, -0.25) is 4.79 Å². The number of aromatic nitrogens is 4. The quantitative estimate of drug-likeness (QED) is 0.522. The molecular weight excluding hydrogens is 472 g/mol. The molecule has 0 saturated heterocycles. The lowest BCUT2D eigenvalue weighted by Crippen LogP contribution is -2.29. The molecule has 1 amide bonds. The predicted octanol–water partition coefficient (Wildman–Crippen LogP) is 4.20. The summed E-state index contributed by atoms with van der Waals surface area (Å²) < 4.78 is 79.7. The van der Waals surface area contributed by atoms with E-state index in [1.54, 1.807) is 0 Å². The molecule has 0 aliphatic heterocycles. The fourth-order valence-electron chi connectivity index (χ4n) is 2.95. The molecular formula is C20H15F6N5O3. The van der Waals surface area contributed by atoms with Crippen molar-refractivity contribution in [3.05, 3.63) is 70.4 Å². The highest BCUT2D eigenvalue weighted by atomic mass is 19.4. The summed E-state index contributed by atoms with van der Waals surface area (Å²) in [4.78, 5) is 31.7. The van der Waals surface area contributed by atoms with Crippen molar-refractivity contribution in [1.29, 1.82) is 0 Å². The van der Waals surface area contributed by atoms with Crippen molar-refractivity contribution in [2.45, 2.75) is 32.2 Å². The van der Waals surface area contributed by atoms with Crippen LogP contribution >= 0.6 is 0 Å². The van der Waals surface area contributed by atoms with Crippen molar-refractivity contribution < 1.29 is 41.0 Å². The van der Waals surface area contributed by atoms with Crippen LogP contribution in [0.5, 0.6) is 0 Å². The maximum atomic E-state index is 13.1. The number of pyridine rings is 1. The summed E-state index contributed by atoms with van der Waals surface area (Å²) in [6, 6.07) is 2.10. The van der Waals surface area contributed by atoms with Crippen LogP contribution in [-0.4, -0.2) is 36.7 Å². The summed E-state index contributed by atoms with van der Waals surface area (Å²) >= 11 is 0. The molecule has 8 nitrogen and oxygen atoms in total. The van der Waals surface area contributed by atoms with E-state index >= 15 is 0 Å². The predicted molar refractivity (Wildman–Crippen MR) is 103 cm³/mol. The number of nitrogens with one attached hydrogen (secondary N) is 1. The van der Waals surface area contributed by atoms with Crippen molar-refractivity contribution in [2.75, 3.05) is 0 Å². The summed E-state index contributed by atoms with van der Waals surface area (Å²) in [5.41, 5.74) is -4.20. The van der Waals surface area contributed by atoms with Gasteiger partial charge in [-0.25, -0.2) is 14.8 Å². The van der Waals surface area contributed by atoms with E-state index in [-0.39, 0.29) is 29.1 Å². The zero-order chi connectivity index (χ0) is 25.4. The number of nitrogens with zero attached hydrogens (tertiary/aromatic N) is 4. The van der Waals surface area contributed by atoms with Gasteiger partial charge in [0, 0.05) is 11.8 Å². The number of carboxylic acids is 1. The second-order valence-electron chi connectivity index (χ2n) is 7.13. The Morgan fingerprint density at radius 3 is 2.06 bits per heavy atom. The maximum Gasteiger partial charge on any atom is 0.416 e. The van der Waals surface area contributed by atoms with E-state index < -0.39 is 47.0 Å². The van der Waals surface area contributed by atoms with Crippen LogP contribution < -0.4 is 5.32 Å². The van der Waals surface area contributed by atoms with Gasteiger partial charge in [0.05, 0.1) is 22.7 Å². The third-order valence-electron chi connectivity index (χ3n) is 4.53. The minimum Gasteiger partial charge on any atom is -0.478 e. The molecule has 0 spiro atoms. The number of hydrogen-bond acceptors (Lipinski definition) is 5. The van der Waals surface area contributed by atoms with Gasteiger partial charge in [0.2, 0.25) is 0 Å². The second-order valence-corrected chi connectivity index (χ2v) is 7.13. The van der Waals surface area contributed by atoms with Gasteiger partial charge in [-0.05, 0) is 44.2 Å². The van der Waals surface area contributed by atoms with Gasteiger partial charge in [-0.2, -0.15) is 31.0 Å². The van der Waals surface area contributed by atoms with Gasteiger partial charge >= 0.3 is 18.3 Å². The van der Waals surface area contributed by atoms with Crippen molar-refractivity contribution >= 4 is 11.9 Å². The molecule has 1 aromatic carbocycles. The van der Waals surface area contributed by atoms with Crippen LogP contribution in [0, 0.1) is 6.92 Å². The average molecular weight is 487 g/mol. The first-order valence-corrected chi connectivity index (χ1v) is 9.40. The van der Waals surface area contributed by atoms with E-state index in [4.69, 9.17) is 5.11 Å². The molecule has 3 aromatic rings. The molecule has 0 aliphatic rings. The highest BCUT2D eigenvalue weighted by Gasteiger charge is 2.37. The van der Waals surface area contributed by atoms with E-state index in [2.05, 4.69) is 20.4 Å². The largest absolute Gasteiger partial charge is 0.478 e. The zero-order valence-electron chi connectivity index (χ0n) is 17.4. The molecule has 2 N–H and O–H groups in total. The molecule has 0 aliphatic carbocycles. The monoisotopic (exact) mass is 487 g/mol. The molecule has 3 rings (SSSR count). The lowest BCUT2D eigenvalue weighted by atomic mass is 10.0. The molecule has 0 unspecified atom stereocenters. The Balaban J connectivity index is 1.93. The Kier molecular flexibility index (Phi) is 6.35. The topological polar surface area (TPSA) is 110 Å². The third kappa shape index (κ3) is 5.32. The first-order valence-electron chi connectivity index (χ1n) is 9.40. The van der Waals surface area contributed by atoms with Crippen molar-refractivity contribution in [3.63, 3.8) is 0 Å². The highest BCUT2D eigenvalue weighted by molar-refractivity contribution is 5.95. The third-order valence-corrected chi connectivity index (χ3v) is 4.53. The number of carboxylic acid groups (broad SMARTS) is 1. The first-order chi connectivity index (χ1) is 15.7. The van der Waals surface area contributed by atoms with Crippen LogP contribution in [-0.2, 0) is 12.4 Å². The number of carbonyl (C=O) groups excluding carboxylic acids is 1. The molecule has 14 heteroatoms. The molecule has 0 radical (unpaired) electrons. The molecule has 2 aromatic heterocycles. The standard InChI is InChI=1S/C20H15F6N5O3/c1-9(16-29-10(2)30-31(16)15-4-3-11(8-27-15)18(33)34)28-17(32)12-5-13(19(21,22)23)7-14(6-12)20(24,25)26/h3-9H,1-2H3,(H,28,32)(H,33,34)/t9-/m0/s1. The van der Waals surface area contributed by atoms with Crippen LogP contribution in [0.15, 0.2) is 36.5 Å². The number of halogens is 6. The van der Waals surface area contributed by atoms with Gasteiger partial charge in [-0.1, -0.05) is 0 Å². The van der Waals surface area contributed by atoms with E-state index in [1.165, 1.54) is 30.7 Å². The lowest BCUT2D eigenvalue weighted by Gasteiger charge is -2.17. The number of rotatable bonds is 5. The minimum atomic E-state index is -5.10. The van der Waals surface area contributed by atoms with Crippen LogP contribution in [0.1, 0.15) is 56.5 Å². The first kappa shape index (κ1) is 24.7. The lowest BCUT2D eigenvalue weighted by molar-refractivity contribution is -0.143. The molecule has 0 fully saturated rings. The second kappa shape index (κ2) is 8.76. The number of amides is 1. The van der Waals surface area contributed by atoms with E-state index in [0.29, 0.717) is 12.1 Å². The Bertz CT molecular complexity index is 1200. The van der Waals surface area contributed by atoms with E-state index in [0.717, 1.165) is 6.20 Å². The summed E-state index contributed by atoms with van der Waals surface area (Å²) in [6.07, 6.45) is -9.15. The van der Waals surface area contributed by atoms with Crippen LogP contribution in [0.25, 0.3) is 5.82 Å². The van der Waals surface area contributed by atoms with E-state index in [9.17, 15) is 35.9 Å². The number of aryl methyl sites for hydroxylation is 1. The fraction of sp³-hybridized carbons (Fsp3) is 0.250. The van der Waals surface area contributed by atoms with Crippen molar-refractivity contribution in [1.82, 2.24) is 25.1 Å². The summed E-state index contributed by atoms with van der Waals surface area (Å²) in [6.45, 7) is 2.89. The SMILES string of the molecule is Cc1nc([C@H](C)NC(=O)c2cc(C(F)(F)F)cc(C(F)(F)F)c2)n(-c2ccc(C(=O)O)cn2)n1. The summed E-state index contributed by atoms with van der Waals surface area (Å²) in [7, 11) is 0. The smallest absolute Gasteiger partial charge is 0.416 e. The number of aromatic carboxylic acids is 1. The Hall–Kier alpha value is -3.97. The van der Waals surface area contributed by atoms with Gasteiger partial charge in [0.15, 0.2) is 11.6 Å². The fourth-order valence-corrected chi connectivity index (χ4v) is 2.95. The number of benzene rings is 1. The summed E-state index contributed by atoms with van der Waals surface area (Å²) in [5.74, 6) is -2.01. The maximum absolute atomic E-state index is 13.1. The van der Waals surface area contributed by atoms with Crippen LogP contribution in [0.4, 0.5) is 26.3 Å². The number of carbonyl (C=O) groups is 2.